The summed E-state index contributed by atoms with van der Waals surface area (Å²) in [4.78, 5) is 33.2. The molecule has 1 aromatic carbocycles. The minimum atomic E-state index is -1.45. The number of methoxy groups -OCH3 is 1. The lowest BCUT2D eigenvalue weighted by Crippen LogP contribution is -2.28. The van der Waals surface area contributed by atoms with Crippen LogP contribution in [0, 0.1) is 10.1 Å². The Morgan fingerprint density at radius 1 is 1.15 bits per heavy atom. The number of rotatable bonds is 5. The lowest BCUT2D eigenvalue weighted by molar-refractivity contribution is -0.386. The summed E-state index contributed by atoms with van der Waals surface area (Å²) < 4.78 is 14.2. The summed E-state index contributed by atoms with van der Waals surface area (Å²) in [6.07, 6.45) is -2.49. The van der Waals surface area contributed by atoms with Crippen LogP contribution in [0.4, 0.5) is 15.3 Å². The number of carbonyl (C=O) groups excluding carboxylic acids is 1. The molecular formula is C17H23NO8. The maximum absolute atomic E-state index is 11.5. The number of hydrogen-bond donors (Lipinski definition) is 1. The van der Waals surface area contributed by atoms with E-state index >= 15 is 0 Å². The first-order chi connectivity index (χ1) is 11.8. The van der Waals surface area contributed by atoms with E-state index in [4.69, 9.17) is 9.84 Å². The number of carboxylic acid groups (broad SMARTS) is 1. The van der Waals surface area contributed by atoms with E-state index in [0.717, 1.165) is 13.2 Å². The highest BCUT2D eigenvalue weighted by atomic mass is 16.7. The molecule has 0 aliphatic rings. The van der Waals surface area contributed by atoms with Crippen LogP contribution in [-0.2, 0) is 20.3 Å². The average molecular weight is 369 g/mol. The number of carbonyl (C=O) groups is 2. The van der Waals surface area contributed by atoms with Crippen LogP contribution in [0.5, 0.6) is 5.75 Å². The first kappa shape index (κ1) is 21.2. The highest BCUT2D eigenvalue weighted by Gasteiger charge is 2.34. The molecule has 1 N–H and O–H groups in total. The fraction of sp³-hybridized carbons (Fsp3) is 0.529. The SMILES string of the molecule is COC(=O)Oc1cc([N+](=O)[O-])c(C(C)(C)C)cc1C(C)(C)COC(=O)O. The van der Waals surface area contributed by atoms with Gasteiger partial charge in [0.1, 0.15) is 12.4 Å². The van der Waals surface area contributed by atoms with Crippen molar-refractivity contribution in [2.75, 3.05) is 13.7 Å². The van der Waals surface area contributed by atoms with E-state index in [1.54, 1.807) is 40.7 Å². The normalized spacial score (nSPS) is 11.6. The van der Waals surface area contributed by atoms with Crippen LogP contribution in [0.1, 0.15) is 45.7 Å². The average Bonchev–Trinajstić information content (AvgIpc) is 2.51. The molecule has 0 fully saturated rings. The van der Waals surface area contributed by atoms with Crippen molar-refractivity contribution in [2.45, 2.75) is 45.4 Å². The maximum Gasteiger partial charge on any atom is 0.513 e. The number of nitro groups is 1. The van der Waals surface area contributed by atoms with Gasteiger partial charge in [0, 0.05) is 16.5 Å². The van der Waals surface area contributed by atoms with Crippen molar-refractivity contribution in [3.63, 3.8) is 0 Å². The number of hydrogen-bond acceptors (Lipinski definition) is 7. The van der Waals surface area contributed by atoms with Gasteiger partial charge in [-0.15, -0.1) is 0 Å². The molecule has 0 heterocycles. The highest BCUT2D eigenvalue weighted by molar-refractivity contribution is 5.67. The molecule has 0 spiro atoms. The quantitative estimate of drug-likeness (QED) is 0.357. The molecule has 1 aromatic rings. The van der Waals surface area contributed by atoms with Crippen molar-refractivity contribution in [3.8, 4) is 5.75 Å². The summed E-state index contributed by atoms with van der Waals surface area (Å²) >= 11 is 0. The van der Waals surface area contributed by atoms with Gasteiger partial charge in [-0.05, 0) is 11.5 Å². The highest BCUT2D eigenvalue weighted by Crippen LogP contribution is 2.41. The van der Waals surface area contributed by atoms with E-state index in [1.807, 2.05) is 0 Å². The van der Waals surface area contributed by atoms with Crippen LogP contribution in [-0.4, -0.2) is 36.1 Å². The van der Waals surface area contributed by atoms with Gasteiger partial charge in [0.2, 0.25) is 0 Å². The minimum Gasteiger partial charge on any atom is -0.450 e. The van der Waals surface area contributed by atoms with Crippen LogP contribution in [0.25, 0.3) is 0 Å². The maximum atomic E-state index is 11.5. The first-order valence-electron chi connectivity index (χ1n) is 7.74. The molecule has 0 amide bonds. The van der Waals surface area contributed by atoms with E-state index in [0.29, 0.717) is 11.1 Å². The Hall–Kier alpha value is -2.84. The van der Waals surface area contributed by atoms with Crippen LogP contribution in [0.15, 0.2) is 12.1 Å². The van der Waals surface area contributed by atoms with E-state index < -0.39 is 28.1 Å². The molecule has 0 bridgehead atoms. The number of nitrogens with zero attached hydrogens (tertiary/aromatic N) is 1. The number of nitro benzene ring substituents is 1. The van der Waals surface area contributed by atoms with E-state index in [9.17, 15) is 19.7 Å². The molecule has 0 aliphatic carbocycles. The first-order valence-corrected chi connectivity index (χ1v) is 7.74. The van der Waals surface area contributed by atoms with Crippen LogP contribution >= 0.6 is 0 Å². The zero-order chi connectivity index (χ0) is 20.3. The Labute approximate surface area is 151 Å². The molecule has 0 aliphatic heterocycles. The standard InChI is InChI=1S/C17H23NO8/c1-16(2,3)10-7-11(17(4,5)9-25-14(19)20)13(26-15(21)24-6)8-12(10)18(22)23/h7-8H,9H2,1-6H3,(H,19,20). The van der Waals surface area contributed by atoms with Gasteiger partial charge in [-0.3, -0.25) is 10.1 Å². The molecule has 0 saturated carbocycles. The monoisotopic (exact) mass is 369 g/mol. The topological polar surface area (TPSA) is 125 Å². The Bertz CT molecular complexity index is 718. The van der Waals surface area contributed by atoms with Crippen LogP contribution in [0.3, 0.4) is 0 Å². The Balaban J connectivity index is 3.64. The van der Waals surface area contributed by atoms with Gasteiger partial charge in [0.25, 0.3) is 5.69 Å². The smallest absolute Gasteiger partial charge is 0.450 e. The fourth-order valence-electron chi connectivity index (χ4n) is 2.39. The Morgan fingerprint density at radius 2 is 1.73 bits per heavy atom. The second-order valence-electron chi connectivity index (χ2n) is 7.37. The third-order valence-corrected chi connectivity index (χ3v) is 3.75. The molecule has 144 valence electrons. The molecule has 0 unspecified atom stereocenters. The molecule has 0 aromatic heterocycles. The summed E-state index contributed by atoms with van der Waals surface area (Å²) in [5.74, 6) is -0.0875. The third-order valence-electron chi connectivity index (χ3n) is 3.75. The largest absolute Gasteiger partial charge is 0.513 e. The molecule has 1 rings (SSSR count). The third kappa shape index (κ3) is 5.08. The molecule has 0 saturated heterocycles. The number of benzene rings is 1. The summed E-state index contributed by atoms with van der Waals surface area (Å²) in [6.45, 7) is 8.53. The zero-order valence-electron chi connectivity index (χ0n) is 15.6. The van der Waals surface area contributed by atoms with E-state index in [2.05, 4.69) is 9.47 Å². The minimum absolute atomic E-state index is 0.0875. The van der Waals surface area contributed by atoms with Gasteiger partial charge in [-0.25, -0.2) is 9.59 Å². The lowest BCUT2D eigenvalue weighted by atomic mass is 9.78. The summed E-state index contributed by atoms with van der Waals surface area (Å²) in [6, 6.07) is 2.69. The lowest BCUT2D eigenvalue weighted by Gasteiger charge is -2.28. The van der Waals surface area contributed by atoms with Crippen molar-refractivity contribution >= 4 is 18.0 Å². The van der Waals surface area contributed by atoms with Crippen molar-refractivity contribution in [1.82, 2.24) is 0 Å². The van der Waals surface area contributed by atoms with Crippen molar-refractivity contribution < 1.29 is 33.8 Å². The second-order valence-corrected chi connectivity index (χ2v) is 7.37. The Morgan fingerprint density at radius 3 is 2.15 bits per heavy atom. The van der Waals surface area contributed by atoms with Gasteiger partial charge >= 0.3 is 12.3 Å². The van der Waals surface area contributed by atoms with Gasteiger partial charge < -0.3 is 19.3 Å². The fourth-order valence-corrected chi connectivity index (χ4v) is 2.39. The van der Waals surface area contributed by atoms with Gasteiger partial charge in [0.05, 0.1) is 18.1 Å². The van der Waals surface area contributed by atoms with Crippen molar-refractivity contribution in [3.05, 3.63) is 33.4 Å². The molecule has 9 heteroatoms. The van der Waals surface area contributed by atoms with Crippen LogP contribution in [0.2, 0.25) is 0 Å². The van der Waals surface area contributed by atoms with E-state index in [1.165, 1.54) is 0 Å². The summed E-state index contributed by atoms with van der Waals surface area (Å²) in [5, 5.41) is 20.2. The zero-order valence-corrected chi connectivity index (χ0v) is 15.6. The predicted molar refractivity (Wildman–Crippen MR) is 91.8 cm³/mol. The molecule has 26 heavy (non-hydrogen) atoms. The Kier molecular flexibility index (Phi) is 6.19. The van der Waals surface area contributed by atoms with Crippen LogP contribution < -0.4 is 4.74 Å². The van der Waals surface area contributed by atoms with Gasteiger partial charge in [0.15, 0.2) is 0 Å². The molecule has 0 radical (unpaired) electrons. The molecular weight excluding hydrogens is 346 g/mol. The molecule has 9 nitrogen and oxygen atoms in total. The van der Waals surface area contributed by atoms with E-state index in [-0.39, 0.29) is 18.0 Å². The summed E-state index contributed by atoms with van der Waals surface area (Å²) in [5.41, 5.74) is -0.908. The number of ether oxygens (including phenoxy) is 3. The van der Waals surface area contributed by atoms with Crippen molar-refractivity contribution in [1.29, 1.82) is 0 Å². The second kappa shape index (κ2) is 7.59. The predicted octanol–water partition coefficient (Wildman–Crippen LogP) is 4.01. The molecule has 0 atom stereocenters. The van der Waals surface area contributed by atoms with Gasteiger partial charge in [-0.1, -0.05) is 34.6 Å². The van der Waals surface area contributed by atoms with Crippen molar-refractivity contribution in [2.24, 2.45) is 0 Å². The van der Waals surface area contributed by atoms with Gasteiger partial charge in [-0.2, -0.15) is 0 Å². The summed E-state index contributed by atoms with van der Waals surface area (Å²) in [7, 11) is 1.11.